The number of nitrogens with one attached hydrogen (secondary N) is 1. The Kier molecular flexibility index (Phi) is 6.92. The molecule has 0 spiro atoms. The number of ether oxygens (including phenoxy) is 1. The summed E-state index contributed by atoms with van der Waals surface area (Å²) in [5.41, 5.74) is 2.98. The molecule has 10 heteroatoms. The van der Waals surface area contributed by atoms with Crippen molar-refractivity contribution in [3.05, 3.63) is 99.0 Å². The van der Waals surface area contributed by atoms with Crippen LogP contribution in [0.5, 0.6) is 5.75 Å². The Hall–Kier alpha value is -4.24. The Morgan fingerprint density at radius 1 is 1.16 bits per heavy atom. The van der Waals surface area contributed by atoms with Gasteiger partial charge in [-0.25, -0.2) is 10.2 Å². The lowest BCUT2D eigenvalue weighted by Gasteiger charge is -2.06. The fourth-order valence-electron chi connectivity index (χ4n) is 2.39. The van der Waals surface area contributed by atoms with Gasteiger partial charge in [0.05, 0.1) is 17.4 Å². The fraction of sp³-hybridized carbons (Fsp3) is 0. The van der Waals surface area contributed by atoms with Crippen LogP contribution in [0, 0.1) is 10.1 Å². The summed E-state index contributed by atoms with van der Waals surface area (Å²) in [6, 6.07) is 13.3. The van der Waals surface area contributed by atoms with Gasteiger partial charge in [0.25, 0.3) is 5.69 Å². The normalized spacial score (nSPS) is 11.0. The molecule has 0 aliphatic heterocycles. The van der Waals surface area contributed by atoms with E-state index in [4.69, 9.17) is 20.8 Å². The van der Waals surface area contributed by atoms with E-state index in [1.54, 1.807) is 12.1 Å². The van der Waals surface area contributed by atoms with Crippen LogP contribution in [0.25, 0.3) is 6.08 Å². The molecule has 31 heavy (non-hydrogen) atoms. The predicted octanol–water partition coefficient (Wildman–Crippen LogP) is 4.22. The van der Waals surface area contributed by atoms with Crippen LogP contribution in [-0.4, -0.2) is 23.0 Å². The number of esters is 1. The quantitative estimate of drug-likeness (QED) is 0.147. The minimum atomic E-state index is -0.719. The highest BCUT2D eigenvalue weighted by Crippen LogP contribution is 2.22. The first-order valence-corrected chi connectivity index (χ1v) is 9.11. The first kappa shape index (κ1) is 21.5. The van der Waals surface area contributed by atoms with Crippen molar-refractivity contribution < 1.29 is 23.7 Å². The summed E-state index contributed by atoms with van der Waals surface area (Å²) in [6.07, 6.45) is 5.14. The van der Waals surface area contributed by atoms with E-state index < -0.39 is 16.8 Å². The van der Waals surface area contributed by atoms with E-state index in [1.807, 2.05) is 0 Å². The first-order chi connectivity index (χ1) is 14.9. The highest BCUT2D eigenvalue weighted by Gasteiger charge is 2.09. The van der Waals surface area contributed by atoms with Gasteiger partial charge >= 0.3 is 11.9 Å². The summed E-state index contributed by atoms with van der Waals surface area (Å²) in [4.78, 5) is 34.3. The zero-order chi connectivity index (χ0) is 22.2. The Bertz CT molecular complexity index is 1170. The monoisotopic (exact) mass is 439 g/mol. The number of hydrogen-bond acceptors (Lipinski definition) is 7. The summed E-state index contributed by atoms with van der Waals surface area (Å²) in [7, 11) is 0. The van der Waals surface area contributed by atoms with Crippen LogP contribution in [-0.2, 0) is 4.79 Å². The molecule has 0 saturated carbocycles. The standard InChI is InChI=1S/C21H14ClN3O6/c22-16-7-8-18(15(12-16)13-23-24-21(27)19-5-2-10-30-19)31-20(26)9-6-14-3-1-4-17(11-14)25(28)29/h1-13H,(H,24,27)/b9-6+,23-13+. The maximum absolute atomic E-state index is 12.2. The van der Waals surface area contributed by atoms with Crippen molar-refractivity contribution in [2.45, 2.75) is 0 Å². The number of nitrogens with zero attached hydrogens (tertiary/aromatic N) is 2. The van der Waals surface area contributed by atoms with Gasteiger partial charge in [0.1, 0.15) is 5.75 Å². The molecule has 9 nitrogen and oxygen atoms in total. The van der Waals surface area contributed by atoms with Crippen LogP contribution in [0.2, 0.25) is 5.02 Å². The number of nitro benzene ring substituents is 1. The fourth-order valence-corrected chi connectivity index (χ4v) is 2.57. The number of furan rings is 1. The Labute approximate surface area is 180 Å². The van der Waals surface area contributed by atoms with E-state index in [1.165, 1.54) is 61.0 Å². The van der Waals surface area contributed by atoms with Gasteiger partial charge in [0, 0.05) is 28.8 Å². The molecule has 3 aromatic rings. The van der Waals surface area contributed by atoms with Gasteiger partial charge < -0.3 is 9.15 Å². The van der Waals surface area contributed by atoms with Crippen LogP contribution in [0.4, 0.5) is 5.69 Å². The number of hydrazone groups is 1. The second-order valence-corrected chi connectivity index (χ2v) is 6.40. The molecule has 0 unspecified atom stereocenters. The van der Waals surface area contributed by atoms with Crippen molar-refractivity contribution in [3.8, 4) is 5.75 Å². The molecule has 0 bridgehead atoms. The van der Waals surface area contributed by atoms with Crippen molar-refractivity contribution in [3.63, 3.8) is 0 Å². The number of rotatable bonds is 7. The van der Waals surface area contributed by atoms with Crippen LogP contribution >= 0.6 is 11.6 Å². The average Bonchev–Trinajstić information content (AvgIpc) is 3.29. The third-order valence-electron chi connectivity index (χ3n) is 3.79. The molecule has 1 amide bonds. The molecule has 0 fully saturated rings. The van der Waals surface area contributed by atoms with E-state index in [9.17, 15) is 19.7 Å². The molecule has 1 aromatic heterocycles. The topological polar surface area (TPSA) is 124 Å². The third-order valence-corrected chi connectivity index (χ3v) is 4.03. The summed E-state index contributed by atoms with van der Waals surface area (Å²) < 4.78 is 10.2. The van der Waals surface area contributed by atoms with E-state index in [-0.39, 0.29) is 17.2 Å². The second-order valence-electron chi connectivity index (χ2n) is 5.97. The number of nitro groups is 1. The summed E-state index contributed by atoms with van der Waals surface area (Å²) in [6.45, 7) is 0. The van der Waals surface area contributed by atoms with E-state index in [0.717, 1.165) is 6.08 Å². The summed E-state index contributed by atoms with van der Waals surface area (Å²) in [5, 5.41) is 15.0. The van der Waals surface area contributed by atoms with E-state index >= 15 is 0 Å². The maximum atomic E-state index is 12.2. The number of benzene rings is 2. The smallest absolute Gasteiger partial charge is 0.336 e. The molecule has 3 rings (SSSR count). The first-order valence-electron chi connectivity index (χ1n) is 8.73. The Balaban J connectivity index is 1.69. The molecular formula is C21H14ClN3O6. The molecule has 0 aliphatic rings. The van der Waals surface area contributed by atoms with Gasteiger partial charge in [-0.2, -0.15) is 5.10 Å². The van der Waals surface area contributed by atoms with Crippen molar-refractivity contribution in [1.29, 1.82) is 0 Å². The summed E-state index contributed by atoms with van der Waals surface area (Å²) >= 11 is 5.98. The number of halogens is 1. The minimum absolute atomic E-state index is 0.0844. The number of hydrogen-bond donors (Lipinski definition) is 1. The van der Waals surface area contributed by atoms with E-state index in [2.05, 4.69) is 10.5 Å². The number of non-ortho nitro benzene ring substituents is 1. The lowest BCUT2D eigenvalue weighted by molar-refractivity contribution is -0.384. The highest BCUT2D eigenvalue weighted by molar-refractivity contribution is 6.31. The third kappa shape index (κ3) is 6.12. The molecular weight excluding hydrogens is 426 g/mol. The van der Waals surface area contributed by atoms with Crippen molar-refractivity contribution >= 4 is 41.5 Å². The SMILES string of the molecule is O=C(/C=C/c1cccc([N+](=O)[O-])c1)Oc1ccc(Cl)cc1/C=N/NC(=O)c1ccco1. The number of carbonyl (C=O) groups excluding carboxylic acids is 2. The lowest BCUT2D eigenvalue weighted by Crippen LogP contribution is -2.16. The molecule has 0 aliphatic carbocycles. The predicted molar refractivity (Wildman–Crippen MR) is 113 cm³/mol. The molecule has 1 N–H and O–H groups in total. The van der Waals surface area contributed by atoms with Gasteiger partial charge in [-0.15, -0.1) is 0 Å². The molecule has 0 atom stereocenters. The van der Waals surface area contributed by atoms with E-state index in [0.29, 0.717) is 16.1 Å². The molecule has 2 aromatic carbocycles. The lowest BCUT2D eigenvalue weighted by atomic mass is 10.2. The van der Waals surface area contributed by atoms with Crippen molar-refractivity contribution in [1.82, 2.24) is 5.43 Å². The summed E-state index contributed by atoms with van der Waals surface area (Å²) in [5.74, 6) is -1.04. The zero-order valence-corrected chi connectivity index (χ0v) is 16.5. The largest absolute Gasteiger partial charge is 0.459 e. The van der Waals surface area contributed by atoms with Crippen LogP contribution in [0.1, 0.15) is 21.7 Å². The maximum Gasteiger partial charge on any atom is 0.336 e. The second kappa shape index (κ2) is 9.99. The van der Waals surface area contributed by atoms with Crippen LogP contribution in [0.3, 0.4) is 0 Å². The molecule has 0 radical (unpaired) electrons. The van der Waals surface area contributed by atoms with Crippen LogP contribution in [0.15, 0.2) is 76.5 Å². The van der Waals surface area contributed by atoms with Gasteiger partial charge in [-0.3, -0.25) is 14.9 Å². The average molecular weight is 440 g/mol. The van der Waals surface area contributed by atoms with Gasteiger partial charge in [0.15, 0.2) is 5.76 Å². The van der Waals surface area contributed by atoms with Gasteiger partial charge in [-0.05, 0) is 42.0 Å². The van der Waals surface area contributed by atoms with Gasteiger partial charge in [-0.1, -0.05) is 23.7 Å². The van der Waals surface area contributed by atoms with Gasteiger partial charge in [0.2, 0.25) is 0 Å². The zero-order valence-electron chi connectivity index (χ0n) is 15.7. The molecule has 0 saturated heterocycles. The minimum Gasteiger partial charge on any atom is -0.459 e. The van der Waals surface area contributed by atoms with Crippen molar-refractivity contribution in [2.24, 2.45) is 5.10 Å². The Morgan fingerprint density at radius 2 is 2.00 bits per heavy atom. The molecule has 156 valence electrons. The number of carbonyl (C=O) groups is 2. The Morgan fingerprint density at radius 3 is 2.74 bits per heavy atom. The van der Waals surface area contributed by atoms with Crippen LogP contribution < -0.4 is 10.2 Å². The number of amides is 1. The van der Waals surface area contributed by atoms with Crippen molar-refractivity contribution in [2.75, 3.05) is 0 Å². The highest BCUT2D eigenvalue weighted by atomic mass is 35.5. The molecule has 1 heterocycles.